The quantitative estimate of drug-likeness (QED) is 0.160. The lowest BCUT2D eigenvalue weighted by molar-refractivity contribution is 1.07. The minimum absolute atomic E-state index is 0.633. The summed E-state index contributed by atoms with van der Waals surface area (Å²) in [5.41, 5.74) is 11.0. The van der Waals surface area contributed by atoms with Crippen LogP contribution in [0.5, 0.6) is 0 Å². The lowest BCUT2D eigenvalue weighted by Gasteiger charge is -2.11. The van der Waals surface area contributed by atoms with E-state index in [0.717, 1.165) is 38.9 Å². The smallest absolute Gasteiger partial charge is 0.164 e. The number of pyridine rings is 1. The van der Waals surface area contributed by atoms with Crippen LogP contribution in [0.1, 0.15) is 0 Å². The Bertz CT molecular complexity index is 3270. The molecule has 57 heavy (non-hydrogen) atoms. The Hall–Kier alpha value is -7.76. The number of hydrogen-bond acceptors (Lipinski definition) is 4. The van der Waals surface area contributed by atoms with Gasteiger partial charge in [0.2, 0.25) is 0 Å². The zero-order valence-corrected chi connectivity index (χ0v) is 30.8. The molecule has 0 aliphatic rings. The van der Waals surface area contributed by atoms with Gasteiger partial charge in [-0.25, -0.2) is 15.0 Å². The maximum absolute atomic E-state index is 5.04. The third kappa shape index (κ3) is 5.81. The number of hydrogen-bond donors (Lipinski definition) is 0. The molecule has 0 spiro atoms. The Morgan fingerprint density at radius 2 is 0.789 bits per heavy atom. The van der Waals surface area contributed by atoms with E-state index in [-0.39, 0.29) is 0 Å². The van der Waals surface area contributed by atoms with E-state index in [2.05, 4.69) is 155 Å². The van der Waals surface area contributed by atoms with Gasteiger partial charge in [-0.1, -0.05) is 133 Å². The van der Waals surface area contributed by atoms with Gasteiger partial charge in [0, 0.05) is 45.5 Å². The number of fused-ring (bicyclic) bond motifs is 6. The van der Waals surface area contributed by atoms with Crippen molar-refractivity contribution < 1.29 is 0 Å². The van der Waals surface area contributed by atoms with Crippen LogP contribution in [0.3, 0.4) is 0 Å². The van der Waals surface area contributed by atoms with Gasteiger partial charge >= 0.3 is 0 Å². The van der Waals surface area contributed by atoms with E-state index < -0.39 is 0 Å². The number of para-hydroxylation sites is 2. The maximum atomic E-state index is 5.04. The van der Waals surface area contributed by atoms with E-state index in [1.165, 1.54) is 49.1 Å². The van der Waals surface area contributed by atoms with E-state index in [4.69, 9.17) is 15.0 Å². The molecular formula is C52H33N5. The SMILES string of the molecule is c1ccc(-c2nc(-c3ccc(-c4ccncc4)cc3)nc(-c3ccc4c(ccc5cc(-c6ccc7c(c6)c6ccccc6n7-c6ccccc6)ccc54)c3)n2)cc1. The van der Waals surface area contributed by atoms with Gasteiger partial charge in [-0.15, -0.1) is 0 Å². The van der Waals surface area contributed by atoms with Crippen molar-refractivity contribution in [2.45, 2.75) is 0 Å². The zero-order chi connectivity index (χ0) is 37.7. The molecule has 0 saturated heterocycles. The van der Waals surface area contributed by atoms with Gasteiger partial charge < -0.3 is 4.57 Å². The Morgan fingerprint density at radius 1 is 0.298 bits per heavy atom. The molecular weight excluding hydrogens is 695 g/mol. The molecule has 0 fully saturated rings. The second kappa shape index (κ2) is 13.5. The Balaban J connectivity index is 0.969. The molecule has 0 bridgehead atoms. The Labute approximate surface area is 329 Å². The first-order chi connectivity index (χ1) is 28.2. The van der Waals surface area contributed by atoms with Crippen LogP contribution in [-0.4, -0.2) is 24.5 Å². The fourth-order valence-electron chi connectivity index (χ4n) is 8.10. The van der Waals surface area contributed by atoms with E-state index in [1.54, 1.807) is 0 Å². The Kier molecular flexibility index (Phi) is 7.74. The molecule has 3 aromatic heterocycles. The van der Waals surface area contributed by atoms with Gasteiger partial charge in [0.25, 0.3) is 0 Å². The number of rotatable bonds is 6. The summed E-state index contributed by atoms with van der Waals surface area (Å²) < 4.78 is 2.36. The average molecular weight is 728 g/mol. The highest BCUT2D eigenvalue weighted by atomic mass is 15.0. The third-order valence-electron chi connectivity index (χ3n) is 10.9. The molecule has 0 unspecified atom stereocenters. The molecule has 11 rings (SSSR count). The summed E-state index contributed by atoms with van der Waals surface area (Å²) in [6.07, 6.45) is 3.62. The molecule has 0 N–H and O–H groups in total. The Morgan fingerprint density at radius 3 is 1.51 bits per heavy atom. The molecule has 8 aromatic carbocycles. The van der Waals surface area contributed by atoms with Gasteiger partial charge in [-0.3, -0.25) is 4.98 Å². The van der Waals surface area contributed by atoms with Gasteiger partial charge in [0.15, 0.2) is 17.5 Å². The molecule has 5 heteroatoms. The first kappa shape index (κ1) is 32.7. The van der Waals surface area contributed by atoms with Crippen LogP contribution in [0.4, 0.5) is 0 Å². The molecule has 0 radical (unpaired) electrons. The van der Waals surface area contributed by atoms with Crippen molar-refractivity contribution in [3.8, 4) is 62.1 Å². The second-order valence-corrected chi connectivity index (χ2v) is 14.3. The molecule has 0 amide bonds. The van der Waals surface area contributed by atoms with Crippen molar-refractivity contribution in [3.63, 3.8) is 0 Å². The van der Waals surface area contributed by atoms with E-state index in [0.29, 0.717) is 17.5 Å². The number of nitrogens with zero attached hydrogens (tertiary/aromatic N) is 5. The van der Waals surface area contributed by atoms with Crippen LogP contribution in [-0.2, 0) is 0 Å². The lowest BCUT2D eigenvalue weighted by atomic mass is 9.96. The number of benzene rings is 8. The number of aromatic nitrogens is 5. The lowest BCUT2D eigenvalue weighted by Crippen LogP contribution is -2.00. The molecule has 0 atom stereocenters. The standard InChI is InChI=1S/C52H33N5/c1-3-9-36(10-4-1)50-54-51(37-17-15-34(16-18-37)35-27-29-53-30-28-35)56-52(55-50)42-22-25-45-41(32-42)20-19-40-31-38(21-24-44(40)45)39-23-26-49-47(33-39)46-13-7-8-14-48(46)57(49)43-11-5-2-6-12-43/h1-33H. The van der Waals surface area contributed by atoms with Gasteiger partial charge in [0.05, 0.1) is 11.0 Å². The summed E-state index contributed by atoms with van der Waals surface area (Å²) >= 11 is 0. The molecule has 0 aliphatic carbocycles. The van der Waals surface area contributed by atoms with Crippen LogP contribution in [0, 0.1) is 0 Å². The molecule has 5 nitrogen and oxygen atoms in total. The predicted octanol–water partition coefficient (Wildman–Crippen LogP) is 13.0. The summed E-state index contributed by atoms with van der Waals surface area (Å²) in [7, 11) is 0. The fraction of sp³-hybridized carbons (Fsp3) is 0. The molecule has 3 heterocycles. The van der Waals surface area contributed by atoms with Crippen molar-refractivity contribution in [3.05, 3.63) is 200 Å². The summed E-state index contributed by atoms with van der Waals surface area (Å²) in [6, 6.07) is 66.4. The monoisotopic (exact) mass is 727 g/mol. The first-order valence-electron chi connectivity index (χ1n) is 19.1. The largest absolute Gasteiger partial charge is 0.309 e. The van der Waals surface area contributed by atoms with Crippen LogP contribution >= 0.6 is 0 Å². The summed E-state index contributed by atoms with van der Waals surface area (Å²) in [5.74, 6) is 1.91. The average Bonchev–Trinajstić information content (AvgIpc) is 3.63. The minimum atomic E-state index is 0.633. The minimum Gasteiger partial charge on any atom is -0.309 e. The van der Waals surface area contributed by atoms with Crippen molar-refractivity contribution in [1.82, 2.24) is 24.5 Å². The van der Waals surface area contributed by atoms with E-state index >= 15 is 0 Å². The van der Waals surface area contributed by atoms with Gasteiger partial charge in [0.1, 0.15) is 0 Å². The summed E-state index contributed by atoms with van der Waals surface area (Å²) in [5, 5.41) is 7.22. The molecule has 266 valence electrons. The van der Waals surface area contributed by atoms with Crippen molar-refractivity contribution >= 4 is 43.4 Å². The molecule has 11 aromatic rings. The van der Waals surface area contributed by atoms with Crippen molar-refractivity contribution in [2.24, 2.45) is 0 Å². The second-order valence-electron chi connectivity index (χ2n) is 14.3. The maximum Gasteiger partial charge on any atom is 0.164 e. The topological polar surface area (TPSA) is 56.5 Å². The highest BCUT2D eigenvalue weighted by molar-refractivity contribution is 6.12. The fourth-order valence-corrected chi connectivity index (χ4v) is 8.10. The van der Waals surface area contributed by atoms with Crippen molar-refractivity contribution in [1.29, 1.82) is 0 Å². The van der Waals surface area contributed by atoms with Crippen LogP contribution < -0.4 is 0 Å². The normalized spacial score (nSPS) is 11.5. The van der Waals surface area contributed by atoms with Crippen LogP contribution in [0.15, 0.2) is 200 Å². The highest BCUT2D eigenvalue weighted by Crippen LogP contribution is 2.37. The zero-order valence-electron chi connectivity index (χ0n) is 30.8. The van der Waals surface area contributed by atoms with E-state index in [9.17, 15) is 0 Å². The molecule has 0 aliphatic heterocycles. The summed E-state index contributed by atoms with van der Waals surface area (Å²) in [4.78, 5) is 19.2. The predicted molar refractivity (Wildman–Crippen MR) is 234 cm³/mol. The third-order valence-corrected chi connectivity index (χ3v) is 10.9. The van der Waals surface area contributed by atoms with Gasteiger partial charge in [-0.05, 0) is 98.4 Å². The van der Waals surface area contributed by atoms with Crippen molar-refractivity contribution in [2.75, 3.05) is 0 Å². The highest BCUT2D eigenvalue weighted by Gasteiger charge is 2.16. The van der Waals surface area contributed by atoms with Crippen LogP contribution in [0.25, 0.3) is 105 Å². The first-order valence-corrected chi connectivity index (χ1v) is 19.1. The molecule has 0 saturated carbocycles. The van der Waals surface area contributed by atoms with E-state index in [1.807, 2.05) is 54.9 Å². The van der Waals surface area contributed by atoms with Gasteiger partial charge in [-0.2, -0.15) is 0 Å². The summed E-state index contributed by atoms with van der Waals surface area (Å²) in [6.45, 7) is 0. The van der Waals surface area contributed by atoms with Crippen LogP contribution in [0.2, 0.25) is 0 Å².